The third kappa shape index (κ3) is 6.98. The van der Waals surface area contributed by atoms with E-state index in [1.807, 2.05) is 30.2 Å². The molecule has 0 radical (unpaired) electrons. The SMILES string of the molecule is CN=C(NCC(C)Cn1cccn1)NCC(C(C)C)N1CCCCCC1. The number of aromatic nitrogens is 2. The third-order valence-electron chi connectivity index (χ3n) is 5.26. The molecule has 148 valence electrons. The van der Waals surface area contributed by atoms with E-state index in [1.54, 1.807) is 0 Å². The number of hydrogen-bond donors (Lipinski definition) is 2. The molecule has 1 aromatic heterocycles. The number of nitrogens with one attached hydrogen (secondary N) is 2. The molecule has 1 aliphatic rings. The highest BCUT2D eigenvalue weighted by Gasteiger charge is 2.22. The molecule has 0 aromatic carbocycles. The van der Waals surface area contributed by atoms with Crippen molar-refractivity contribution in [1.29, 1.82) is 0 Å². The Morgan fingerprint density at radius 1 is 1.08 bits per heavy atom. The van der Waals surface area contributed by atoms with E-state index in [1.165, 1.54) is 38.8 Å². The molecule has 1 aromatic rings. The lowest BCUT2D eigenvalue weighted by atomic mass is 10.0. The van der Waals surface area contributed by atoms with Crippen molar-refractivity contribution in [2.45, 2.75) is 59.0 Å². The monoisotopic (exact) mass is 362 g/mol. The number of guanidine groups is 1. The topological polar surface area (TPSA) is 57.5 Å². The smallest absolute Gasteiger partial charge is 0.191 e. The van der Waals surface area contributed by atoms with Crippen LogP contribution in [0.15, 0.2) is 23.5 Å². The van der Waals surface area contributed by atoms with Gasteiger partial charge in [0.2, 0.25) is 0 Å². The molecule has 2 rings (SSSR count). The number of likely N-dealkylation sites (tertiary alicyclic amines) is 1. The Kier molecular flexibility index (Phi) is 8.95. The third-order valence-corrected chi connectivity index (χ3v) is 5.26. The molecule has 6 heteroatoms. The molecule has 1 saturated heterocycles. The predicted molar refractivity (Wildman–Crippen MR) is 109 cm³/mol. The van der Waals surface area contributed by atoms with Gasteiger partial charge in [-0.15, -0.1) is 0 Å². The first-order chi connectivity index (χ1) is 12.6. The first-order valence-corrected chi connectivity index (χ1v) is 10.3. The van der Waals surface area contributed by atoms with Gasteiger partial charge in [0.1, 0.15) is 0 Å². The minimum atomic E-state index is 0.486. The van der Waals surface area contributed by atoms with Crippen LogP contribution in [0.3, 0.4) is 0 Å². The van der Waals surface area contributed by atoms with E-state index in [9.17, 15) is 0 Å². The summed E-state index contributed by atoms with van der Waals surface area (Å²) < 4.78 is 1.98. The Morgan fingerprint density at radius 2 is 1.77 bits per heavy atom. The first kappa shape index (κ1) is 20.7. The molecule has 0 saturated carbocycles. The zero-order chi connectivity index (χ0) is 18.8. The van der Waals surface area contributed by atoms with Crippen LogP contribution < -0.4 is 10.6 Å². The van der Waals surface area contributed by atoms with Gasteiger partial charge in [0.25, 0.3) is 0 Å². The quantitative estimate of drug-likeness (QED) is 0.551. The van der Waals surface area contributed by atoms with Gasteiger partial charge < -0.3 is 10.6 Å². The molecule has 2 unspecified atom stereocenters. The van der Waals surface area contributed by atoms with Crippen molar-refractivity contribution >= 4 is 5.96 Å². The predicted octanol–water partition coefficient (Wildman–Crippen LogP) is 2.58. The molecule has 0 spiro atoms. The highest BCUT2D eigenvalue weighted by Crippen LogP contribution is 2.17. The molecule has 1 fully saturated rings. The molecule has 2 heterocycles. The van der Waals surface area contributed by atoms with E-state index in [-0.39, 0.29) is 0 Å². The van der Waals surface area contributed by atoms with E-state index < -0.39 is 0 Å². The van der Waals surface area contributed by atoms with Crippen molar-refractivity contribution in [3.8, 4) is 0 Å². The maximum Gasteiger partial charge on any atom is 0.191 e. The standard InChI is InChI=1S/C20H38N6/c1-17(2)19(25-11-7-5-6-8-12-25)15-23-20(21-4)22-14-18(3)16-26-13-9-10-24-26/h9-10,13,17-19H,5-8,11-12,14-16H2,1-4H3,(H2,21,22,23). The van der Waals surface area contributed by atoms with Crippen LogP contribution in [0.5, 0.6) is 0 Å². The molecule has 2 N–H and O–H groups in total. The van der Waals surface area contributed by atoms with E-state index in [0.717, 1.165) is 25.6 Å². The van der Waals surface area contributed by atoms with Crippen LogP contribution in [0.2, 0.25) is 0 Å². The Hall–Kier alpha value is -1.56. The normalized spacial score (nSPS) is 19.2. The second kappa shape index (κ2) is 11.2. The second-order valence-corrected chi connectivity index (χ2v) is 7.93. The van der Waals surface area contributed by atoms with Crippen LogP contribution in [-0.4, -0.2) is 59.9 Å². The zero-order valence-electron chi connectivity index (χ0n) is 17.1. The molecule has 1 aliphatic heterocycles. The Balaban J connectivity index is 1.78. The second-order valence-electron chi connectivity index (χ2n) is 7.93. The summed E-state index contributed by atoms with van der Waals surface area (Å²) >= 11 is 0. The summed E-state index contributed by atoms with van der Waals surface area (Å²) in [6, 6.07) is 2.53. The van der Waals surface area contributed by atoms with E-state index in [2.05, 4.69) is 46.4 Å². The van der Waals surface area contributed by atoms with Crippen LogP contribution in [0, 0.1) is 11.8 Å². The van der Waals surface area contributed by atoms with Crippen LogP contribution in [0.4, 0.5) is 0 Å². The van der Waals surface area contributed by atoms with Crippen LogP contribution >= 0.6 is 0 Å². The molecule has 0 amide bonds. The van der Waals surface area contributed by atoms with Gasteiger partial charge in [-0.1, -0.05) is 33.6 Å². The summed E-state index contributed by atoms with van der Waals surface area (Å²) in [5, 5.41) is 11.3. The molecule has 2 atom stereocenters. The Labute approximate surface area is 159 Å². The fourth-order valence-electron chi connectivity index (χ4n) is 3.70. The summed E-state index contributed by atoms with van der Waals surface area (Å²) in [5.74, 6) is 2.02. The van der Waals surface area contributed by atoms with Crippen LogP contribution in [0.25, 0.3) is 0 Å². The number of hydrogen-bond acceptors (Lipinski definition) is 3. The van der Waals surface area contributed by atoms with E-state index in [0.29, 0.717) is 17.9 Å². The van der Waals surface area contributed by atoms with Gasteiger partial charge in [0.15, 0.2) is 5.96 Å². The summed E-state index contributed by atoms with van der Waals surface area (Å²) in [6.07, 6.45) is 9.27. The maximum absolute atomic E-state index is 4.41. The lowest BCUT2D eigenvalue weighted by Crippen LogP contribution is -2.50. The fourth-order valence-corrected chi connectivity index (χ4v) is 3.70. The van der Waals surface area contributed by atoms with Crippen LogP contribution in [-0.2, 0) is 6.54 Å². The van der Waals surface area contributed by atoms with Gasteiger partial charge in [0.05, 0.1) is 0 Å². The van der Waals surface area contributed by atoms with Gasteiger partial charge >= 0.3 is 0 Å². The summed E-state index contributed by atoms with van der Waals surface area (Å²) in [6.45, 7) is 12.1. The van der Waals surface area contributed by atoms with Crippen molar-refractivity contribution in [3.05, 3.63) is 18.5 Å². The van der Waals surface area contributed by atoms with Gasteiger partial charge in [-0.25, -0.2) is 0 Å². The van der Waals surface area contributed by atoms with Gasteiger partial charge in [0, 0.05) is 45.1 Å². The van der Waals surface area contributed by atoms with Crippen molar-refractivity contribution in [2.75, 3.05) is 33.2 Å². The Bertz CT molecular complexity index is 502. The molecule has 26 heavy (non-hydrogen) atoms. The van der Waals surface area contributed by atoms with Gasteiger partial charge in [-0.3, -0.25) is 14.6 Å². The minimum Gasteiger partial charge on any atom is -0.356 e. The van der Waals surface area contributed by atoms with Crippen molar-refractivity contribution in [3.63, 3.8) is 0 Å². The molecule has 6 nitrogen and oxygen atoms in total. The van der Waals surface area contributed by atoms with Gasteiger partial charge in [-0.05, 0) is 43.8 Å². The minimum absolute atomic E-state index is 0.486. The van der Waals surface area contributed by atoms with Crippen molar-refractivity contribution in [2.24, 2.45) is 16.8 Å². The van der Waals surface area contributed by atoms with E-state index >= 15 is 0 Å². The highest BCUT2D eigenvalue weighted by molar-refractivity contribution is 5.79. The number of nitrogens with zero attached hydrogens (tertiary/aromatic N) is 4. The molecular formula is C20H38N6. The first-order valence-electron chi connectivity index (χ1n) is 10.3. The summed E-state index contributed by atoms with van der Waals surface area (Å²) in [5.41, 5.74) is 0. The Morgan fingerprint density at radius 3 is 2.35 bits per heavy atom. The average molecular weight is 363 g/mol. The molecule has 0 aliphatic carbocycles. The number of rotatable bonds is 8. The van der Waals surface area contributed by atoms with Crippen molar-refractivity contribution < 1.29 is 0 Å². The highest BCUT2D eigenvalue weighted by atomic mass is 15.3. The van der Waals surface area contributed by atoms with Crippen LogP contribution in [0.1, 0.15) is 46.5 Å². The maximum atomic E-state index is 4.41. The zero-order valence-corrected chi connectivity index (χ0v) is 17.1. The van der Waals surface area contributed by atoms with Gasteiger partial charge in [-0.2, -0.15) is 5.10 Å². The van der Waals surface area contributed by atoms with Crippen molar-refractivity contribution in [1.82, 2.24) is 25.3 Å². The molecular weight excluding hydrogens is 324 g/mol. The molecule has 0 bridgehead atoms. The largest absolute Gasteiger partial charge is 0.356 e. The lowest BCUT2D eigenvalue weighted by Gasteiger charge is -2.34. The van der Waals surface area contributed by atoms with E-state index in [4.69, 9.17) is 0 Å². The average Bonchev–Trinajstić information content (AvgIpc) is 2.98. The summed E-state index contributed by atoms with van der Waals surface area (Å²) in [4.78, 5) is 7.08. The fraction of sp³-hybridized carbons (Fsp3) is 0.800. The number of aliphatic imine (C=N–C) groups is 1. The lowest BCUT2D eigenvalue weighted by molar-refractivity contribution is 0.161. The summed E-state index contributed by atoms with van der Waals surface area (Å²) in [7, 11) is 1.85.